The summed E-state index contributed by atoms with van der Waals surface area (Å²) in [5.74, 6) is 0. The first-order chi connectivity index (χ1) is 8.07. The van der Waals surface area contributed by atoms with Crippen molar-refractivity contribution in [2.75, 3.05) is 32.8 Å². The molecule has 2 aliphatic heterocycles. The molecule has 3 nitrogen and oxygen atoms in total. The molecule has 0 radical (unpaired) electrons. The molecule has 2 saturated heterocycles. The summed E-state index contributed by atoms with van der Waals surface area (Å²) in [7, 11) is 0. The highest BCUT2D eigenvalue weighted by atomic mass is 19.4. The van der Waals surface area contributed by atoms with E-state index in [2.05, 4.69) is 5.32 Å². The highest BCUT2D eigenvalue weighted by Gasteiger charge is 2.45. The summed E-state index contributed by atoms with van der Waals surface area (Å²) in [5, 5.41) is 2.81. The summed E-state index contributed by atoms with van der Waals surface area (Å²) < 4.78 is 44.0. The van der Waals surface area contributed by atoms with E-state index in [0.29, 0.717) is 26.2 Å². The Morgan fingerprint density at radius 1 is 1.29 bits per heavy atom. The molecule has 2 rings (SSSR count). The summed E-state index contributed by atoms with van der Waals surface area (Å²) in [6.07, 6.45) is -1.20. The van der Waals surface area contributed by atoms with Crippen LogP contribution in [0, 0.1) is 0 Å². The molecule has 0 saturated carbocycles. The van der Waals surface area contributed by atoms with Gasteiger partial charge in [-0.2, -0.15) is 13.2 Å². The Morgan fingerprint density at radius 3 is 2.76 bits per heavy atom. The fraction of sp³-hybridized carbons (Fsp3) is 1.00. The normalized spacial score (nSPS) is 32.6. The van der Waals surface area contributed by atoms with Crippen molar-refractivity contribution in [2.45, 2.75) is 37.6 Å². The molecule has 0 aromatic heterocycles. The number of nitrogens with one attached hydrogen (secondary N) is 1. The molecule has 0 spiro atoms. The lowest BCUT2D eigenvalue weighted by Crippen LogP contribution is -2.59. The monoisotopic (exact) mass is 252 g/mol. The van der Waals surface area contributed by atoms with Crippen LogP contribution < -0.4 is 5.32 Å². The second-order valence-corrected chi connectivity index (χ2v) is 4.75. The maximum atomic E-state index is 12.8. The lowest BCUT2D eigenvalue weighted by Gasteiger charge is -2.39. The molecular weight excluding hydrogens is 233 g/mol. The molecule has 1 N–H and O–H groups in total. The van der Waals surface area contributed by atoms with Crippen LogP contribution in [0.3, 0.4) is 0 Å². The van der Waals surface area contributed by atoms with Crippen LogP contribution in [0.15, 0.2) is 0 Å². The molecule has 2 atom stereocenters. The number of hydrogen-bond donors (Lipinski definition) is 1. The smallest absolute Gasteiger partial charge is 0.377 e. The van der Waals surface area contributed by atoms with Gasteiger partial charge in [0.15, 0.2) is 0 Å². The average molecular weight is 252 g/mol. The fourth-order valence-corrected chi connectivity index (χ4v) is 2.50. The highest BCUT2D eigenvalue weighted by molar-refractivity contribution is 4.87. The van der Waals surface area contributed by atoms with Crippen LogP contribution in [0.25, 0.3) is 0 Å². The van der Waals surface area contributed by atoms with Gasteiger partial charge in [0, 0.05) is 32.8 Å². The minimum absolute atomic E-state index is 0.00375. The topological polar surface area (TPSA) is 24.5 Å². The number of hydrogen-bond acceptors (Lipinski definition) is 3. The lowest BCUT2D eigenvalue weighted by atomic mass is 10.1. The number of nitrogens with zero attached hydrogens (tertiary/aromatic N) is 1. The molecule has 100 valence electrons. The van der Waals surface area contributed by atoms with Gasteiger partial charge in [-0.1, -0.05) is 0 Å². The third-order valence-electron chi connectivity index (χ3n) is 3.44. The largest absolute Gasteiger partial charge is 0.405 e. The first-order valence-corrected chi connectivity index (χ1v) is 6.20. The standard InChI is InChI=1S/C11H19F3N2O/c12-11(13,14)10-7-15-4-5-16(10)8-9-3-1-2-6-17-9/h9-10,15H,1-8H2. The Morgan fingerprint density at radius 2 is 2.12 bits per heavy atom. The Labute approximate surface area is 99.3 Å². The molecule has 17 heavy (non-hydrogen) atoms. The van der Waals surface area contributed by atoms with Crippen molar-refractivity contribution < 1.29 is 17.9 Å². The van der Waals surface area contributed by atoms with Gasteiger partial charge >= 0.3 is 6.18 Å². The van der Waals surface area contributed by atoms with E-state index in [1.165, 1.54) is 4.90 Å². The van der Waals surface area contributed by atoms with Gasteiger partial charge in [0.05, 0.1) is 6.10 Å². The summed E-state index contributed by atoms with van der Waals surface area (Å²) in [5.41, 5.74) is 0. The van der Waals surface area contributed by atoms with E-state index in [4.69, 9.17) is 4.74 Å². The van der Waals surface area contributed by atoms with Crippen molar-refractivity contribution in [3.05, 3.63) is 0 Å². The van der Waals surface area contributed by atoms with Crippen LogP contribution in [0.4, 0.5) is 13.2 Å². The fourth-order valence-electron chi connectivity index (χ4n) is 2.50. The number of halogens is 3. The van der Waals surface area contributed by atoms with E-state index in [9.17, 15) is 13.2 Å². The quantitative estimate of drug-likeness (QED) is 0.804. The highest BCUT2D eigenvalue weighted by Crippen LogP contribution is 2.27. The second kappa shape index (κ2) is 5.54. The molecular formula is C11H19F3N2O. The van der Waals surface area contributed by atoms with Crippen molar-refractivity contribution in [3.8, 4) is 0 Å². The molecule has 2 aliphatic rings. The van der Waals surface area contributed by atoms with Crippen molar-refractivity contribution in [1.29, 1.82) is 0 Å². The van der Waals surface area contributed by atoms with Gasteiger partial charge < -0.3 is 10.1 Å². The van der Waals surface area contributed by atoms with Crippen LogP contribution in [-0.2, 0) is 4.74 Å². The van der Waals surface area contributed by atoms with Gasteiger partial charge in [0.2, 0.25) is 0 Å². The van der Waals surface area contributed by atoms with Crippen molar-refractivity contribution >= 4 is 0 Å². The third-order valence-corrected chi connectivity index (χ3v) is 3.44. The molecule has 2 heterocycles. The summed E-state index contributed by atoms with van der Waals surface area (Å²) in [4.78, 5) is 1.52. The molecule has 0 bridgehead atoms. The minimum atomic E-state index is -4.15. The molecule has 0 aromatic rings. The van der Waals surface area contributed by atoms with Gasteiger partial charge in [0.25, 0.3) is 0 Å². The Kier molecular flexibility index (Phi) is 4.27. The maximum absolute atomic E-state index is 12.8. The molecule has 0 aliphatic carbocycles. The zero-order chi connectivity index (χ0) is 12.3. The van der Waals surface area contributed by atoms with E-state index in [0.717, 1.165) is 19.3 Å². The van der Waals surface area contributed by atoms with E-state index < -0.39 is 12.2 Å². The average Bonchev–Trinajstić information content (AvgIpc) is 2.30. The SMILES string of the molecule is FC(F)(F)C1CNCCN1CC1CCCCO1. The zero-order valence-electron chi connectivity index (χ0n) is 9.80. The number of rotatable bonds is 2. The van der Waals surface area contributed by atoms with Crippen molar-refractivity contribution in [1.82, 2.24) is 10.2 Å². The predicted molar refractivity (Wildman–Crippen MR) is 57.9 cm³/mol. The molecule has 0 aromatic carbocycles. The minimum Gasteiger partial charge on any atom is -0.377 e. The first kappa shape index (κ1) is 13.1. The summed E-state index contributed by atoms with van der Waals surface area (Å²) in [6, 6.07) is -1.36. The van der Waals surface area contributed by atoms with Gasteiger partial charge in [-0.15, -0.1) is 0 Å². The third kappa shape index (κ3) is 3.56. The Bertz CT molecular complexity index is 241. The summed E-state index contributed by atoms with van der Waals surface area (Å²) in [6.45, 7) is 2.17. The van der Waals surface area contributed by atoms with Crippen LogP contribution in [0.5, 0.6) is 0 Å². The molecule has 2 fully saturated rings. The van der Waals surface area contributed by atoms with Gasteiger partial charge in [-0.3, -0.25) is 4.90 Å². The van der Waals surface area contributed by atoms with Crippen LogP contribution in [0.2, 0.25) is 0 Å². The number of alkyl halides is 3. The van der Waals surface area contributed by atoms with Gasteiger partial charge in [0.1, 0.15) is 6.04 Å². The van der Waals surface area contributed by atoms with Crippen molar-refractivity contribution in [3.63, 3.8) is 0 Å². The Balaban J connectivity index is 1.91. The van der Waals surface area contributed by atoms with Crippen LogP contribution in [-0.4, -0.2) is 56.0 Å². The predicted octanol–water partition coefficient (Wildman–Crippen LogP) is 1.39. The number of ether oxygens (including phenoxy) is 1. The molecule has 6 heteroatoms. The lowest BCUT2D eigenvalue weighted by molar-refractivity contribution is -0.191. The first-order valence-electron chi connectivity index (χ1n) is 6.20. The van der Waals surface area contributed by atoms with E-state index in [1.54, 1.807) is 0 Å². The van der Waals surface area contributed by atoms with E-state index >= 15 is 0 Å². The second-order valence-electron chi connectivity index (χ2n) is 4.75. The van der Waals surface area contributed by atoms with Crippen LogP contribution >= 0.6 is 0 Å². The van der Waals surface area contributed by atoms with Crippen molar-refractivity contribution in [2.24, 2.45) is 0 Å². The van der Waals surface area contributed by atoms with Gasteiger partial charge in [-0.05, 0) is 19.3 Å². The van der Waals surface area contributed by atoms with Gasteiger partial charge in [-0.25, -0.2) is 0 Å². The van der Waals surface area contributed by atoms with E-state index in [1.807, 2.05) is 0 Å². The zero-order valence-corrected chi connectivity index (χ0v) is 9.80. The maximum Gasteiger partial charge on any atom is 0.405 e. The summed E-state index contributed by atoms with van der Waals surface area (Å²) >= 11 is 0. The molecule has 0 amide bonds. The van der Waals surface area contributed by atoms with Crippen LogP contribution in [0.1, 0.15) is 19.3 Å². The van der Waals surface area contributed by atoms with E-state index in [-0.39, 0.29) is 12.6 Å². The Hall–Kier alpha value is -0.330. The number of piperazine rings is 1. The molecule has 2 unspecified atom stereocenters.